The second kappa shape index (κ2) is 14.0. The smallest absolute Gasteiger partial charge is 0.414 e. The molecule has 1 aromatic heterocycles. The van der Waals surface area contributed by atoms with Crippen molar-refractivity contribution in [2.24, 2.45) is 0 Å². The molecule has 1 heterocycles. The van der Waals surface area contributed by atoms with E-state index in [2.05, 4.69) is 25.7 Å². The number of rotatable bonds is 11. The molecule has 13 nitrogen and oxygen atoms in total. The number of sulfonamides is 1. The van der Waals surface area contributed by atoms with Crippen molar-refractivity contribution in [3.05, 3.63) is 89.1 Å². The Morgan fingerprint density at radius 1 is 1.00 bits per heavy atom. The molecule has 0 fully saturated rings. The fourth-order valence-corrected chi connectivity index (χ4v) is 5.15. The summed E-state index contributed by atoms with van der Waals surface area (Å²) < 4.78 is 44.2. The highest BCUT2D eigenvalue weighted by molar-refractivity contribution is 7.92. The lowest BCUT2D eigenvalue weighted by Gasteiger charge is -2.24. The molecule has 0 aliphatic heterocycles. The van der Waals surface area contributed by atoms with Gasteiger partial charge in [0.2, 0.25) is 10.0 Å². The zero-order valence-corrected chi connectivity index (χ0v) is 27.6. The zero-order valence-electron chi connectivity index (χ0n) is 26.7. The molecule has 14 heteroatoms. The van der Waals surface area contributed by atoms with Crippen molar-refractivity contribution in [2.45, 2.75) is 39.2 Å². The van der Waals surface area contributed by atoms with Crippen LogP contribution in [-0.4, -0.2) is 62.5 Å². The van der Waals surface area contributed by atoms with Gasteiger partial charge in [-0.3, -0.25) is 9.52 Å². The summed E-state index contributed by atoms with van der Waals surface area (Å²) in [6, 6.07) is 17.3. The number of nitrogens with zero attached hydrogens (tertiary/aromatic N) is 3. The second-order valence-corrected chi connectivity index (χ2v) is 13.4. The van der Waals surface area contributed by atoms with E-state index in [0.717, 1.165) is 22.9 Å². The number of benzene rings is 3. The topological polar surface area (TPSA) is 163 Å². The molecular weight excluding hydrogens is 612 g/mol. The molecule has 0 aliphatic carbocycles. The van der Waals surface area contributed by atoms with E-state index in [1.807, 2.05) is 58.0 Å². The Morgan fingerprint density at radius 3 is 2.33 bits per heavy atom. The third-order valence-corrected chi connectivity index (χ3v) is 7.51. The fourth-order valence-electron chi connectivity index (χ4n) is 4.60. The lowest BCUT2D eigenvalue weighted by molar-refractivity contribution is 0.102. The molecule has 4 rings (SSSR count). The van der Waals surface area contributed by atoms with Crippen molar-refractivity contribution in [1.29, 1.82) is 0 Å². The Hall–Kier alpha value is -4.95. The van der Waals surface area contributed by atoms with E-state index in [4.69, 9.17) is 14.2 Å². The minimum Gasteiger partial charge on any atom is -0.492 e. The zero-order chi connectivity index (χ0) is 33.6. The Bertz CT molecular complexity index is 1820. The van der Waals surface area contributed by atoms with Crippen LogP contribution in [0.3, 0.4) is 0 Å². The van der Waals surface area contributed by atoms with E-state index >= 15 is 0 Å². The minimum atomic E-state index is -3.64. The predicted octanol–water partition coefficient (Wildman–Crippen LogP) is 4.98. The average Bonchev–Trinajstić information content (AvgIpc) is 3.44. The van der Waals surface area contributed by atoms with Crippen LogP contribution >= 0.6 is 0 Å². The van der Waals surface area contributed by atoms with Crippen molar-refractivity contribution < 1.29 is 32.2 Å². The van der Waals surface area contributed by atoms with Gasteiger partial charge in [0.05, 0.1) is 49.3 Å². The first kappa shape index (κ1) is 33.9. The van der Waals surface area contributed by atoms with Gasteiger partial charge in [-0.15, -0.1) is 0 Å². The third-order valence-electron chi connectivity index (χ3n) is 6.92. The van der Waals surface area contributed by atoms with Gasteiger partial charge in [-0.25, -0.2) is 17.9 Å². The number of methoxy groups -OCH3 is 2. The maximum absolute atomic E-state index is 13.5. The Kier molecular flexibility index (Phi) is 10.3. The van der Waals surface area contributed by atoms with Crippen LogP contribution in [-0.2, 0) is 20.2 Å². The molecule has 46 heavy (non-hydrogen) atoms. The van der Waals surface area contributed by atoms with Crippen LogP contribution in [0.25, 0.3) is 5.69 Å². The van der Waals surface area contributed by atoms with Gasteiger partial charge < -0.3 is 24.8 Å². The molecule has 0 saturated carbocycles. The number of ether oxygens (including phenoxy) is 3. The Labute approximate surface area is 268 Å². The quantitative estimate of drug-likeness (QED) is 0.203. The van der Waals surface area contributed by atoms with E-state index in [0.29, 0.717) is 5.69 Å². The van der Waals surface area contributed by atoms with Gasteiger partial charge in [0.1, 0.15) is 0 Å². The number of carbonyl (C=O) groups excluding carboxylic acids is 2. The second-order valence-electron chi connectivity index (χ2n) is 11.6. The van der Waals surface area contributed by atoms with E-state index in [1.165, 1.54) is 25.1 Å². The number of hydrogen-bond donors (Lipinski definition) is 3. The van der Waals surface area contributed by atoms with E-state index in [-0.39, 0.29) is 40.6 Å². The maximum atomic E-state index is 13.5. The average molecular weight is 651 g/mol. The number of nitrogens with one attached hydrogen (secondary N) is 3. The van der Waals surface area contributed by atoms with Crippen LogP contribution in [0.1, 0.15) is 53.9 Å². The summed E-state index contributed by atoms with van der Waals surface area (Å²) in [4.78, 5) is 26.2. The largest absolute Gasteiger partial charge is 0.492 e. The molecular formula is C32H38N6O7S. The maximum Gasteiger partial charge on any atom is 0.414 e. The lowest BCUT2D eigenvalue weighted by Crippen LogP contribution is -2.33. The summed E-state index contributed by atoms with van der Waals surface area (Å²) in [6.07, 6.45) is 1.73. The Morgan fingerprint density at radius 2 is 1.70 bits per heavy atom. The standard InChI is InChI=1S/C32H38N6O7S/c1-20-13-14-22(30(39)33-24-16-23(32(2,3)4)17-25(29(24)44-6)36-46(7,41)42)15-27(20)38-18-28(35-37-38)45-31(40)34-26(19-43-5)21-11-9-8-10-12-21/h8-18,26,36H,19H2,1-7H3,(H,33,39)(H,34,40)/t26-/m1/s1. The van der Waals surface area contributed by atoms with Crippen molar-refractivity contribution in [2.75, 3.05) is 37.1 Å². The highest BCUT2D eigenvalue weighted by Gasteiger charge is 2.23. The number of anilines is 2. The first-order valence-electron chi connectivity index (χ1n) is 14.3. The molecule has 0 spiro atoms. The number of carbonyl (C=O) groups is 2. The van der Waals surface area contributed by atoms with E-state index in [9.17, 15) is 18.0 Å². The fraction of sp³-hybridized carbons (Fsp3) is 0.312. The summed E-state index contributed by atoms with van der Waals surface area (Å²) in [5.41, 5.74) is 3.32. The first-order chi connectivity index (χ1) is 21.7. The van der Waals surface area contributed by atoms with Crippen LogP contribution in [0.2, 0.25) is 0 Å². The molecule has 0 aliphatic rings. The van der Waals surface area contributed by atoms with Crippen molar-refractivity contribution >= 4 is 33.4 Å². The van der Waals surface area contributed by atoms with Crippen LogP contribution < -0.4 is 24.8 Å². The van der Waals surface area contributed by atoms with E-state index in [1.54, 1.807) is 30.3 Å². The van der Waals surface area contributed by atoms with Gasteiger partial charge in [-0.2, -0.15) is 0 Å². The van der Waals surface area contributed by atoms with Crippen LogP contribution in [0.15, 0.2) is 66.9 Å². The molecule has 1 atom stereocenters. The highest BCUT2D eigenvalue weighted by Crippen LogP contribution is 2.39. The molecule has 0 saturated heterocycles. The molecule has 244 valence electrons. The van der Waals surface area contributed by atoms with Crippen molar-refractivity contribution in [3.8, 4) is 17.3 Å². The predicted molar refractivity (Wildman–Crippen MR) is 174 cm³/mol. The summed E-state index contributed by atoms with van der Waals surface area (Å²) in [5.74, 6) is -0.363. The Balaban J connectivity index is 1.56. The summed E-state index contributed by atoms with van der Waals surface area (Å²) in [5, 5.41) is 13.7. The third kappa shape index (κ3) is 8.61. The van der Waals surface area contributed by atoms with Crippen molar-refractivity contribution in [3.63, 3.8) is 0 Å². The van der Waals surface area contributed by atoms with Gasteiger partial charge in [-0.1, -0.05) is 67.5 Å². The highest BCUT2D eigenvalue weighted by atomic mass is 32.2. The van der Waals surface area contributed by atoms with Gasteiger partial charge in [-0.05, 0) is 53.3 Å². The molecule has 4 aromatic rings. The number of aryl methyl sites for hydroxylation is 1. The SMILES string of the molecule is COC[C@@H](NC(=O)Oc1cn(-c2cc(C(=O)Nc3cc(C(C)(C)C)cc(NS(C)(=O)=O)c3OC)ccc2C)nn1)c1ccccc1. The molecule has 0 bridgehead atoms. The summed E-state index contributed by atoms with van der Waals surface area (Å²) >= 11 is 0. The molecule has 3 aromatic carbocycles. The van der Waals surface area contributed by atoms with Gasteiger partial charge in [0, 0.05) is 12.7 Å². The minimum absolute atomic E-state index is 0.0504. The summed E-state index contributed by atoms with van der Waals surface area (Å²) in [7, 11) is -0.705. The molecule has 0 unspecified atom stereocenters. The molecule has 0 radical (unpaired) electrons. The lowest BCUT2D eigenvalue weighted by atomic mass is 9.86. The van der Waals surface area contributed by atoms with E-state index < -0.39 is 28.1 Å². The van der Waals surface area contributed by atoms with Crippen LogP contribution in [0.4, 0.5) is 16.2 Å². The number of hydrogen-bond acceptors (Lipinski definition) is 9. The molecule has 2 amide bonds. The van der Waals surface area contributed by atoms with Crippen LogP contribution in [0.5, 0.6) is 11.6 Å². The van der Waals surface area contributed by atoms with Crippen molar-refractivity contribution in [1.82, 2.24) is 20.3 Å². The van der Waals surface area contributed by atoms with Gasteiger partial charge >= 0.3 is 6.09 Å². The van der Waals surface area contributed by atoms with Crippen LogP contribution in [0, 0.1) is 6.92 Å². The molecule has 3 N–H and O–H groups in total. The first-order valence-corrected chi connectivity index (χ1v) is 16.1. The number of aromatic nitrogens is 3. The number of amides is 2. The normalized spacial score (nSPS) is 12.2. The summed E-state index contributed by atoms with van der Waals surface area (Å²) in [6.45, 7) is 7.98. The van der Waals surface area contributed by atoms with Gasteiger partial charge in [0.15, 0.2) is 5.75 Å². The van der Waals surface area contributed by atoms with Gasteiger partial charge in [0.25, 0.3) is 11.8 Å². The monoisotopic (exact) mass is 650 g/mol.